The van der Waals surface area contributed by atoms with Gasteiger partial charge in [-0.05, 0) is 30.1 Å². The molecule has 2 aromatic rings. The highest BCUT2D eigenvalue weighted by Crippen LogP contribution is 2.34. The van der Waals surface area contributed by atoms with Crippen molar-refractivity contribution in [3.63, 3.8) is 0 Å². The van der Waals surface area contributed by atoms with Crippen LogP contribution in [0, 0.1) is 6.92 Å². The van der Waals surface area contributed by atoms with Crippen molar-refractivity contribution < 1.29 is 0 Å². The minimum absolute atomic E-state index is 0.796. The second kappa shape index (κ2) is 3.98. The van der Waals surface area contributed by atoms with Crippen LogP contribution in [0.4, 0.5) is 5.69 Å². The van der Waals surface area contributed by atoms with Gasteiger partial charge in [0.1, 0.15) is 6.33 Å². The zero-order valence-corrected chi connectivity index (χ0v) is 9.23. The molecular formula is C9H9N3S2. The maximum atomic E-state index is 5.87. The van der Waals surface area contributed by atoms with Crippen LogP contribution >= 0.6 is 23.3 Å². The number of aryl methyl sites for hydroxylation is 1. The Bertz CT molecular complexity index is 405. The van der Waals surface area contributed by atoms with Gasteiger partial charge < -0.3 is 5.73 Å². The van der Waals surface area contributed by atoms with Gasteiger partial charge in [0.2, 0.25) is 0 Å². The van der Waals surface area contributed by atoms with Gasteiger partial charge in [0.05, 0.1) is 0 Å². The first-order valence-electron chi connectivity index (χ1n) is 4.07. The summed E-state index contributed by atoms with van der Waals surface area (Å²) in [6.07, 6.45) is 1.56. The number of benzene rings is 1. The molecule has 1 aromatic carbocycles. The molecule has 0 bridgehead atoms. The van der Waals surface area contributed by atoms with E-state index in [2.05, 4.69) is 9.36 Å². The molecular weight excluding hydrogens is 214 g/mol. The number of hydrogen-bond donors (Lipinski definition) is 1. The van der Waals surface area contributed by atoms with Crippen molar-refractivity contribution in [1.82, 2.24) is 9.36 Å². The van der Waals surface area contributed by atoms with E-state index in [-0.39, 0.29) is 0 Å². The van der Waals surface area contributed by atoms with E-state index in [1.54, 1.807) is 18.1 Å². The van der Waals surface area contributed by atoms with Gasteiger partial charge in [-0.2, -0.15) is 4.37 Å². The van der Waals surface area contributed by atoms with Gasteiger partial charge in [0.25, 0.3) is 0 Å². The summed E-state index contributed by atoms with van der Waals surface area (Å²) in [7, 11) is 0. The first-order valence-corrected chi connectivity index (χ1v) is 5.66. The monoisotopic (exact) mass is 223 g/mol. The lowest BCUT2D eigenvalue weighted by Crippen LogP contribution is -1.90. The smallest absolute Gasteiger partial charge is 0.174 e. The topological polar surface area (TPSA) is 51.8 Å². The van der Waals surface area contributed by atoms with E-state index in [1.807, 2.05) is 25.1 Å². The summed E-state index contributed by atoms with van der Waals surface area (Å²) in [5.41, 5.74) is 7.84. The van der Waals surface area contributed by atoms with E-state index in [4.69, 9.17) is 5.73 Å². The van der Waals surface area contributed by atoms with Gasteiger partial charge in [-0.15, -0.1) is 0 Å². The van der Waals surface area contributed by atoms with Gasteiger partial charge >= 0.3 is 0 Å². The van der Waals surface area contributed by atoms with Crippen molar-refractivity contribution in [1.29, 1.82) is 0 Å². The van der Waals surface area contributed by atoms with Gasteiger partial charge in [-0.1, -0.05) is 23.9 Å². The molecule has 5 heteroatoms. The zero-order chi connectivity index (χ0) is 9.97. The van der Waals surface area contributed by atoms with Crippen LogP contribution < -0.4 is 5.73 Å². The minimum Gasteiger partial charge on any atom is -0.398 e. The highest BCUT2D eigenvalue weighted by molar-refractivity contribution is 8.01. The number of nitrogen functional groups attached to an aromatic ring is 1. The highest BCUT2D eigenvalue weighted by Gasteiger charge is 2.06. The Hall–Kier alpha value is -1.07. The summed E-state index contributed by atoms with van der Waals surface area (Å²) in [6, 6.07) is 5.89. The van der Waals surface area contributed by atoms with Gasteiger partial charge in [0, 0.05) is 10.6 Å². The first-order chi connectivity index (χ1) is 6.77. The lowest BCUT2D eigenvalue weighted by molar-refractivity contribution is 1.21. The van der Waals surface area contributed by atoms with Gasteiger partial charge in [-0.3, -0.25) is 0 Å². The second-order valence-electron chi connectivity index (χ2n) is 2.80. The quantitative estimate of drug-likeness (QED) is 0.795. The minimum atomic E-state index is 0.796. The molecule has 1 heterocycles. The molecule has 0 aliphatic carbocycles. The zero-order valence-electron chi connectivity index (χ0n) is 7.60. The Morgan fingerprint density at radius 2 is 2.29 bits per heavy atom. The predicted molar refractivity (Wildman–Crippen MR) is 59.6 cm³/mol. The molecule has 2 rings (SSSR count). The van der Waals surface area contributed by atoms with Crippen LogP contribution in [0.25, 0.3) is 0 Å². The molecule has 0 amide bonds. The second-order valence-corrected chi connectivity index (χ2v) is 4.84. The van der Waals surface area contributed by atoms with Crippen LogP contribution in [-0.2, 0) is 0 Å². The molecule has 0 spiro atoms. The number of hydrogen-bond acceptors (Lipinski definition) is 5. The number of nitrogens with two attached hydrogens (primary N) is 1. The number of nitrogens with zero attached hydrogens (tertiary/aromatic N) is 2. The lowest BCUT2D eigenvalue weighted by Gasteiger charge is -2.05. The van der Waals surface area contributed by atoms with Crippen LogP contribution in [0.3, 0.4) is 0 Å². The fourth-order valence-electron chi connectivity index (χ4n) is 1.11. The summed E-state index contributed by atoms with van der Waals surface area (Å²) in [5.74, 6) is 0. The Labute approximate surface area is 90.5 Å². The van der Waals surface area contributed by atoms with E-state index in [1.165, 1.54) is 17.1 Å². The molecule has 1 aromatic heterocycles. The van der Waals surface area contributed by atoms with Crippen LogP contribution in [0.1, 0.15) is 5.56 Å². The van der Waals surface area contributed by atoms with Crippen molar-refractivity contribution in [2.45, 2.75) is 16.2 Å². The maximum Gasteiger partial charge on any atom is 0.174 e. The molecule has 0 radical (unpaired) electrons. The molecule has 14 heavy (non-hydrogen) atoms. The summed E-state index contributed by atoms with van der Waals surface area (Å²) in [4.78, 5) is 5.18. The molecule has 0 aliphatic rings. The van der Waals surface area contributed by atoms with Crippen molar-refractivity contribution in [3.05, 3.63) is 30.1 Å². The van der Waals surface area contributed by atoms with Crippen LogP contribution in [-0.4, -0.2) is 9.36 Å². The summed E-state index contributed by atoms with van der Waals surface area (Å²) < 4.78 is 4.87. The summed E-state index contributed by atoms with van der Waals surface area (Å²) in [5, 5.41) is 0. The van der Waals surface area contributed by atoms with E-state index >= 15 is 0 Å². The number of anilines is 1. The molecule has 0 saturated carbocycles. The third-order valence-corrected chi connectivity index (χ3v) is 3.75. The standard InChI is InChI=1S/C9H9N3S2/c1-6-3-2-4-7(10)8(6)13-9-11-5-12-14-9/h2-5H,10H2,1H3. The molecule has 0 atom stereocenters. The third kappa shape index (κ3) is 1.88. The highest BCUT2D eigenvalue weighted by atomic mass is 32.2. The SMILES string of the molecule is Cc1cccc(N)c1Sc1ncns1. The van der Waals surface area contributed by atoms with Crippen LogP contribution in [0.5, 0.6) is 0 Å². The third-order valence-electron chi connectivity index (χ3n) is 1.77. The largest absolute Gasteiger partial charge is 0.398 e. The van der Waals surface area contributed by atoms with Crippen molar-refractivity contribution in [2.24, 2.45) is 0 Å². The van der Waals surface area contributed by atoms with Gasteiger partial charge in [-0.25, -0.2) is 4.98 Å². The van der Waals surface area contributed by atoms with Crippen molar-refractivity contribution >= 4 is 29.0 Å². The molecule has 72 valence electrons. The Morgan fingerprint density at radius 1 is 1.43 bits per heavy atom. The Kier molecular flexibility index (Phi) is 2.69. The lowest BCUT2D eigenvalue weighted by atomic mass is 10.2. The van der Waals surface area contributed by atoms with Crippen molar-refractivity contribution in [2.75, 3.05) is 5.73 Å². The molecule has 3 nitrogen and oxygen atoms in total. The fourth-order valence-corrected chi connectivity index (χ4v) is 2.61. The average molecular weight is 223 g/mol. The molecule has 2 N–H and O–H groups in total. The number of rotatable bonds is 2. The number of aromatic nitrogens is 2. The van der Waals surface area contributed by atoms with E-state index in [0.717, 1.165) is 14.9 Å². The molecule has 0 aliphatic heterocycles. The normalized spacial score (nSPS) is 10.4. The van der Waals surface area contributed by atoms with Crippen LogP contribution in [0.2, 0.25) is 0 Å². The summed E-state index contributed by atoms with van der Waals surface area (Å²) in [6.45, 7) is 2.04. The molecule has 0 unspecified atom stereocenters. The first kappa shape index (κ1) is 9.48. The Morgan fingerprint density at radius 3 is 2.93 bits per heavy atom. The van der Waals surface area contributed by atoms with E-state index in [0.29, 0.717) is 0 Å². The molecule has 0 saturated heterocycles. The maximum absolute atomic E-state index is 5.87. The van der Waals surface area contributed by atoms with E-state index < -0.39 is 0 Å². The van der Waals surface area contributed by atoms with Crippen molar-refractivity contribution in [3.8, 4) is 0 Å². The summed E-state index contributed by atoms with van der Waals surface area (Å²) >= 11 is 2.95. The van der Waals surface area contributed by atoms with Gasteiger partial charge in [0.15, 0.2) is 4.34 Å². The Balaban J connectivity index is 2.33. The molecule has 0 fully saturated rings. The predicted octanol–water partition coefficient (Wildman–Crippen LogP) is 2.58. The average Bonchev–Trinajstić information content (AvgIpc) is 2.64. The van der Waals surface area contributed by atoms with Crippen LogP contribution in [0.15, 0.2) is 33.8 Å². The fraction of sp³-hybridized carbons (Fsp3) is 0.111. The van der Waals surface area contributed by atoms with E-state index in [9.17, 15) is 0 Å².